The zero-order chi connectivity index (χ0) is 14.1. The number of thioether (sulfide) groups is 1. The summed E-state index contributed by atoms with van der Waals surface area (Å²) in [7, 11) is 0. The number of hydrogen-bond acceptors (Lipinski definition) is 6. The van der Waals surface area contributed by atoms with Gasteiger partial charge in [-0.2, -0.15) is 0 Å². The third kappa shape index (κ3) is 6.99. The average Bonchev–Trinajstić information content (AvgIpc) is 2.39. The minimum Gasteiger partial charge on any atom is -0.479 e. The molecule has 8 nitrogen and oxygen atoms in total. The molecule has 1 rings (SSSR count). The minimum atomic E-state index is -1.17. The molecule has 1 aliphatic heterocycles. The number of carbonyl (C=O) groups is 3. The first-order valence-corrected chi connectivity index (χ1v) is 6.80. The standard InChI is InChI=1S/C10H16N2O6S/c13-8(11-18-5-10(15)16)6-19-7-9(14)12-1-3-17-4-2-12/h1-7H2,(H,11,13)(H,15,16). The molecule has 0 atom stereocenters. The van der Waals surface area contributed by atoms with E-state index in [2.05, 4.69) is 4.84 Å². The molecule has 1 aliphatic rings. The van der Waals surface area contributed by atoms with Crippen LogP contribution in [0.1, 0.15) is 0 Å². The van der Waals surface area contributed by atoms with Gasteiger partial charge in [0.05, 0.1) is 24.7 Å². The van der Waals surface area contributed by atoms with Crippen molar-refractivity contribution in [2.45, 2.75) is 0 Å². The number of carboxylic acids is 1. The minimum absolute atomic E-state index is 0.0347. The summed E-state index contributed by atoms with van der Waals surface area (Å²) in [6, 6.07) is 0. The summed E-state index contributed by atoms with van der Waals surface area (Å²) in [4.78, 5) is 39.1. The molecule has 0 saturated carbocycles. The van der Waals surface area contributed by atoms with Crippen LogP contribution in [0.25, 0.3) is 0 Å². The van der Waals surface area contributed by atoms with Crippen LogP contribution in [0.2, 0.25) is 0 Å². The fraction of sp³-hybridized carbons (Fsp3) is 0.700. The van der Waals surface area contributed by atoms with E-state index in [0.717, 1.165) is 11.8 Å². The Bertz CT molecular complexity index is 332. The second-order valence-corrected chi connectivity index (χ2v) is 4.68. The van der Waals surface area contributed by atoms with Gasteiger partial charge in [-0.15, -0.1) is 11.8 Å². The van der Waals surface area contributed by atoms with Crippen LogP contribution in [0.15, 0.2) is 0 Å². The Kier molecular flexibility index (Phi) is 7.23. The van der Waals surface area contributed by atoms with Gasteiger partial charge in [0.25, 0.3) is 5.91 Å². The number of carboxylic acid groups (broad SMARTS) is 1. The summed E-state index contributed by atoms with van der Waals surface area (Å²) in [5.74, 6) is -1.44. The van der Waals surface area contributed by atoms with Gasteiger partial charge in [0.1, 0.15) is 0 Å². The lowest BCUT2D eigenvalue weighted by Gasteiger charge is -2.26. The van der Waals surface area contributed by atoms with Crippen molar-refractivity contribution in [3.05, 3.63) is 0 Å². The van der Waals surface area contributed by atoms with Gasteiger partial charge in [-0.05, 0) is 0 Å². The van der Waals surface area contributed by atoms with E-state index in [-0.39, 0.29) is 17.4 Å². The van der Waals surface area contributed by atoms with Crippen molar-refractivity contribution < 1.29 is 29.1 Å². The van der Waals surface area contributed by atoms with E-state index in [4.69, 9.17) is 9.84 Å². The molecule has 19 heavy (non-hydrogen) atoms. The molecule has 9 heteroatoms. The van der Waals surface area contributed by atoms with Crippen molar-refractivity contribution in [1.29, 1.82) is 0 Å². The first-order valence-electron chi connectivity index (χ1n) is 5.65. The summed E-state index contributed by atoms with van der Waals surface area (Å²) in [5.41, 5.74) is 1.98. The van der Waals surface area contributed by atoms with Gasteiger partial charge >= 0.3 is 5.97 Å². The Morgan fingerprint density at radius 3 is 2.58 bits per heavy atom. The Hall–Kier alpha value is -1.32. The number of carbonyl (C=O) groups excluding carboxylic acids is 2. The molecule has 0 unspecified atom stereocenters. The Balaban J connectivity index is 2.06. The molecule has 0 bridgehead atoms. The van der Waals surface area contributed by atoms with Gasteiger partial charge < -0.3 is 14.7 Å². The number of hydroxylamine groups is 1. The summed E-state index contributed by atoms with van der Waals surface area (Å²) in [5, 5.41) is 8.28. The van der Waals surface area contributed by atoms with Crippen LogP contribution >= 0.6 is 11.8 Å². The molecule has 0 spiro atoms. The number of hydrogen-bond donors (Lipinski definition) is 2. The zero-order valence-corrected chi connectivity index (χ0v) is 11.1. The number of aliphatic carboxylic acids is 1. The molecule has 2 amide bonds. The first-order chi connectivity index (χ1) is 9.09. The second kappa shape index (κ2) is 8.73. The lowest BCUT2D eigenvalue weighted by molar-refractivity contribution is -0.148. The molecule has 0 aliphatic carbocycles. The highest BCUT2D eigenvalue weighted by molar-refractivity contribution is 8.00. The van der Waals surface area contributed by atoms with Crippen molar-refractivity contribution >= 4 is 29.5 Å². The van der Waals surface area contributed by atoms with E-state index in [0.29, 0.717) is 26.3 Å². The SMILES string of the molecule is O=C(O)CONC(=O)CSCC(=O)N1CCOCC1. The van der Waals surface area contributed by atoms with Gasteiger partial charge in [0.2, 0.25) is 5.91 Å². The molecular formula is C10H16N2O6S. The van der Waals surface area contributed by atoms with Crippen LogP contribution < -0.4 is 5.48 Å². The fourth-order valence-corrected chi connectivity index (χ4v) is 2.05. The number of morpholine rings is 1. The Morgan fingerprint density at radius 1 is 1.26 bits per heavy atom. The van der Waals surface area contributed by atoms with Crippen molar-refractivity contribution in [3.63, 3.8) is 0 Å². The molecule has 0 aromatic carbocycles. The zero-order valence-electron chi connectivity index (χ0n) is 10.3. The van der Waals surface area contributed by atoms with Gasteiger partial charge in [-0.3, -0.25) is 14.4 Å². The molecule has 1 saturated heterocycles. The summed E-state index contributed by atoms with van der Waals surface area (Å²) in [6.07, 6.45) is 0. The lowest BCUT2D eigenvalue weighted by Crippen LogP contribution is -2.41. The lowest BCUT2D eigenvalue weighted by atomic mass is 10.4. The van der Waals surface area contributed by atoms with Gasteiger partial charge in [-0.25, -0.2) is 10.3 Å². The van der Waals surface area contributed by atoms with E-state index in [1.807, 2.05) is 5.48 Å². The average molecular weight is 292 g/mol. The van der Waals surface area contributed by atoms with Gasteiger partial charge in [0.15, 0.2) is 6.61 Å². The molecule has 0 aromatic rings. The number of ether oxygens (including phenoxy) is 1. The van der Waals surface area contributed by atoms with Gasteiger partial charge in [0, 0.05) is 13.1 Å². The number of nitrogens with one attached hydrogen (secondary N) is 1. The second-order valence-electron chi connectivity index (χ2n) is 3.69. The maximum atomic E-state index is 11.7. The predicted molar refractivity (Wildman–Crippen MR) is 66.5 cm³/mol. The van der Waals surface area contributed by atoms with Crippen molar-refractivity contribution in [3.8, 4) is 0 Å². The third-order valence-electron chi connectivity index (χ3n) is 2.20. The topological polar surface area (TPSA) is 105 Å². The molecule has 1 heterocycles. The number of nitrogens with zero attached hydrogens (tertiary/aromatic N) is 1. The quantitative estimate of drug-likeness (QED) is 0.562. The molecule has 2 N–H and O–H groups in total. The van der Waals surface area contributed by atoms with E-state index in [1.54, 1.807) is 4.90 Å². The van der Waals surface area contributed by atoms with E-state index < -0.39 is 18.5 Å². The van der Waals surface area contributed by atoms with Crippen LogP contribution in [0.5, 0.6) is 0 Å². The van der Waals surface area contributed by atoms with Crippen molar-refractivity contribution in [2.75, 3.05) is 44.4 Å². The van der Waals surface area contributed by atoms with Crippen LogP contribution in [0, 0.1) is 0 Å². The molecule has 1 fully saturated rings. The smallest absolute Gasteiger partial charge is 0.332 e. The number of rotatable bonds is 7. The van der Waals surface area contributed by atoms with Crippen molar-refractivity contribution in [2.24, 2.45) is 0 Å². The molecule has 108 valence electrons. The highest BCUT2D eigenvalue weighted by Crippen LogP contribution is 2.04. The van der Waals surface area contributed by atoms with E-state index in [9.17, 15) is 14.4 Å². The normalized spacial score (nSPS) is 15.1. The van der Waals surface area contributed by atoms with E-state index in [1.165, 1.54) is 0 Å². The highest BCUT2D eigenvalue weighted by Gasteiger charge is 2.16. The Morgan fingerprint density at radius 2 is 1.95 bits per heavy atom. The van der Waals surface area contributed by atoms with Crippen LogP contribution in [-0.4, -0.2) is 72.2 Å². The number of amides is 2. The van der Waals surface area contributed by atoms with Crippen LogP contribution in [0.4, 0.5) is 0 Å². The summed E-state index contributed by atoms with van der Waals surface area (Å²) in [6.45, 7) is 1.64. The predicted octanol–water partition coefficient (Wildman–Crippen LogP) is -1.29. The monoisotopic (exact) mass is 292 g/mol. The first kappa shape index (κ1) is 15.7. The largest absolute Gasteiger partial charge is 0.479 e. The summed E-state index contributed by atoms with van der Waals surface area (Å²) < 4.78 is 5.13. The van der Waals surface area contributed by atoms with E-state index >= 15 is 0 Å². The van der Waals surface area contributed by atoms with Crippen molar-refractivity contribution in [1.82, 2.24) is 10.4 Å². The molecular weight excluding hydrogens is 276 g/mol. The third-order valence-corrected chi connectivity index (χ3v) is 3.12. The maximum Gasteiger partial charge on any atom is 0.332 e. The van der Waals surface area contributed by atoms with Gasteiger partial charge in [-0.1, -0.05) is 0 Å². The Labute approximate surface area is 114 Å². The van der Waals surface area contributed by atoms with Crippen LogP contribution in [-0.2, 0) is 24.0 Å². The maximum absolute atomic E-state index is 11.7. The summed E-state index contributed by atoms with van der Waals surface area (Å²) >= 11 is 1.15. The molecule has 0 radical (unpaired) electrons. The fourth-order valence-electron chi connectivity index (χ4n) is 1.34. The highest BCUT2D eigenvalue weighted by atomic mass is 32.2. The molecule has 0 aromatic heterocycles. The van der Waals surface area contributed by atoms with Crippen LogP contribution in [0.3, 0.4) is 0 Å².